The molecular formula is C17H17FN2O2S. The third-order valence-corrected chi connectivity index (χ3v) is 5.01. The summed E-state index contributed by atoms with van der Waals surface area (Å²) in [5, 5.41) is 5.13. The molecule has 1 aliphatic carbocycles. The lowest BCUT2D eigenvalue weighted by atomic mass is 9.98. The Morgan fingerprint density at radius 2 is 1.61 bits per heavy atom. The Labute approximate surface area is 134 Å². The zero-order valence-electron chi connectivity index (χ0n) is 12.7. The molecule has 1 heterocycles. The second-order valence-electron chi connectivity index (χ2n) is 5.91. The number of benzene rings is 1. The van der Waals surface area contributed by atoms with Crippen LogP contribution in [-0.2, 0) is 10.0 Å². The number of primary sulfonamides is 1. The van der Waals surface area contributed by atoms with Gasteiger partial charge in [-0.1, -0.05) is 19.1 Å². The lowest BCUT2D eigenvalue weighted by Crippen LogP contribution is -2.11. The number of nitrogens with two attached hydrogens (primary N) is 1. The summed E-state index contributed by atoms with van der Waals surface area (Å²) in [7, 11) is -3.69. The van der Waals surface area contributed by atoms with Gasteiger partial charge in [0, 0.05) is 6.20 Å². The van der Waals surface area contributed by atoms with Gasteiger partial charge in [0.1, 0.15) is 0 Å². The van der Waals surface area contributed by atoms with Gasteiger partial charge in [0.2, 0.25) is 16.0 Å². The summed E-state index contributed by atoms with van der Waals surface area (Å²) in [5.41, 5.74) is 4.14. The van der Waals surface area contributed by atoms with Crippen molar-refractivity contribution in [2.45, 2.75) is 24.7 Å². The molecule has 0 aliphatic heterocycles. The van der Waals surface area contributed by atoms with Crippen LogP contribution < -0.4 is 5.14 Å². The molecule has 1 atom stereocenters. The SMILES string of the molecule is CC1CC(c2ccc(S(N)(=O)=O)cc2)=C(c2ccc(F)nc2)C1. The van der Waals surface area contributed by atoms with Crippen LogP contribution in [0.2, 0.25) is 0 Å². The topological polar surface area (TPSA) is 73.1 Å². The molecule has 0 fully saturated rings. The van der Waals surface area contributed by atoms with E-state index >= 15 is 0 Å². The summed E-state index contributed by atoms with van der Waals surface area (Å²) in [6.45, 7) is 2.16. The van der Waals surface area contributed by atoms with Crippen molar-refractivity contribution in [3.8, 4) is 0 Å². The Bertz CT molecular complexity index is 856. The van der Waals surface area contributed by atoms with E-state index in [-0.39, 0.29) is 4.90 Å². The van der Waals surface area contributed by atoms with E-state index in [2.05, 4.69) is 11.9 Å². The first-order valence-corrected chi connectivity index (χ1v) is 8.86. The summed E-state index contributed by atoms with van der Waals surface area (Å²) in [6.07, 6.45) is 3.32. The number of halogens is 1. The summed E-state index contributed by atoms with van der Waals surface area (Å²) in [4.78, 5) is 3.82. The molecule has 0 spiro atoms. The molecule has 2 aromatic rings. The highest BCUT2D eigenvalue weighted by molar-refractivity contribution is 7.89. The number of allylic oxidation sites excluding steroid dienone is 2. The molecule has 1 aliphatic rings. The number of sulfonamides is 1. The van der Waals surface area contributed by atoms with E-state index in [4.69, 9.17) is 5.14 Å². The predicted octanol–water partition coefficient (Wildman–Crippen LogP) is 3.21. The van der Waals surface area contributed by atoms with Gasteiger partial charge in [-0.3, -0.25) is 0 Å². The van der Waals surface area contributed by atoms with Gasteiger partial charge in [-0.05, 0) is 65.3 Å². The van der Waals surface area contributed by atoms with Gasteiger partial charge in [0.15, 0.2) is 0 Å². The lowest BCUT2D eigenvalue weighted by Gasteiger charge is -2.09. The Balaban J connectivity index is 2.04. The van der Waals surface area contributed by atoms with Crippen molar-refractivity contribution in [2.75, 3.05) is 0 Å². The first kappa shape index (κ1) is 15.8. The van der Waals surface area contributed by atoms with Crippen molar-refractivity contribution in [1.29, 1.82) is 0 Å². The van der Waals surface area contributed by atoms with Gasteiger partial charge in [-0.15, -0.1) is 0 Å². The van der Waals surface area contributed by atoms with Gasteiger partial charge >= 0.3 is 0 Å². The average Bonchev–Trinajstić information content (AvgIpc) is 2.89. The second-order valence-corrected chi connectivity index (χ2v) is 7.47. The van der Waals surface area contributed by atoms with Gasteiger partial charge < -0.3 is 0 Å². The standard InChI is InChI=1S/C17H17FN2O2S/c1-11-8-15(12-2-5-14(6-3-12)23(19,21)22)16(9-11)13-4-7-17(18)20-10-13/h2-7,10-11H,8-9H2,1H3,(H2,19,21,22). The van der Waals surface area contributed by atoms with Crippen molar-refractivity contribution >= 4 is 21.2 Å². The van der Waals surface area contributed by atoms with Crippen LogP contribution in [-0.4, -0.2) is 13.4 Å². The Kier molecular flexibility index (Phi) is 4.04. The molecule has 0 bridgehead atoms. The molecule has 23 heavy (non-hydrogen) atoms. The van der Waals surface area contributed by atoms with Crippen molar-refractivity contribution in [3.05, 3.63) is 59.7 Å². The quantitative estimate of drug-likeness (QED) is 0.877. The van der Waals surface area contributed by atoms with Crippen LogP contribution in [0.15, 0.2) is 47.5 Å². The summed E-state index contributed by atoms with van der Waals surface area (Å²) >= 11 is 0. The van der Waals surface area contributed by atoms with Gasteiger partial charge in [-0.25, -0.2) is 18.5 Å². The molecule has 0 saturated heterocycles. The average molecular weight is 332 g/mol. The van der Waals surface area contributed by atoms with Crippen LogP contribution in [0.1, 0.15) is 30.9 Å². The fourth-order valence-electron chi connectivity index (χ4n) is 3.00. The smallest absolute Gasteiger partial charge is 0.228 e. The number of nitrogens with zero attached hydrogens (tertiary/aromatic N) is 1. The number of rotatable bonds is 3. The Hall–Kier alpha value is -2.05. The first-order valence-electron chi connectivity index (χ1n) is 7.32. The fraction of sp³-hybridized carbons (Fsp3) is 0.235. The molecule has 0 saturated carbocycles. The molecule has 1 aromatic heterocycles. The van der Waals surface area contributed by atoms with Gasteiger partial charge in [0.25, 0.3) is 0 Å². The lowest BCUT2D eigenvalue weighted by molar-refractivity contribution is 0.583. The Morgan fingerprint density at radius 1 is 1.04 bits per heavy atom. The highest BCUT2D eigenvalue weighted by atomic mass is 32.2. The third-order valence-electron chi connectivity index (χ3n) is 4.08. The number of aromatic nitrogens is 1. The maximum atomic E-state index is 13.0. The maximum absolute atomic E-state index is 13.0. The van der Waals surface area contributed by atoms with E-state index in [9.17, 15) is 12.8 Å². The van der Waals surface area contributed by atoms with E-state index in [1.807, 2.05) is 0 Å². The highest BCUT2D eigenvalue weighted by Crippen LogP contribution is 2.42. The maximum Gasteiger partial charge on any atom is 0.238 e. The monoisotopic (exact) mass is 332 g/mol. The molecule has 3 rings (SSSR count). The van der Waals surface area contributed by atoms with E-state index in [0.717, 1.165) is 35.1 Å². The minimum absolute atomic E-state index is 0.0953. The van der Waals surface area contributed by atoms with Gasteiger partial charge in [-0.2, -0.15) is 4.39 Å². The highest BCUT2D eigenvalue weighted by Gasteiger charge is 2.23. The van der Waals surface area contributed by atoms with Crippen LogP contribution in [0, 0.1) is 11.9 Å². The molecule has 120 valence electrons. The molecule has 1 unspecified atom stereocenters. The van der Waals surface area contributed by atoms with E-state index in [1.165, 1.54) is 18.2 Å². The number of hydrogen-bond donors (Lipinski definition) is 1. The Morgan fingerprint density at radius 3 is 2.13 bits per heavy atom. The fourth-order valence-corrected chi connectivity index (χ4v) is 3.52. The van der Waals surface area contributed by atoms with Crippen LogP contribution >= 0.6 is 0 Å². The van der Waals surface area contributed by atoms with Crippen molar-refractivity contribution < 1.29 is 12.8 Å². The van der Waals surface area contributed by atoms with E-state index in [1.54, 1.807) is 24.4 Å². The zero-order chi connectivity index (χ0) is 16.6. The van der Waals surface area contributed by atoms with E-state index in [0.29, 0.717) is 5.92 Å². The molecule has 4 nitrogen and oxygen atoms in total. The number of pyridine rings is 1. The molecule has 0 amide bonds. The summed E-state index contributed by atoms with van der Waals surface area (Å²) in [5.74, 6) is -0.0255. The molecule has 6 heteroatoms. The third kappa shape index (κ3) is 3.33. The summed E-state index contributed by atoms with van der Waals surface area (Å²) < 4.78 is 35.7. The van der Waals surface area contributed by atoms with Crippen molar-refractivity contribution in [3.63, 3.8) is 0 Å². The van der Waals surface area contributed by atoms with Crippen LogP contribution in [0.5, 0.6) is 0 Å². The minimum atomic E-state index is -3.69. The normalized spacial score (nSPS) is 18.5. The molecule has 1 aromatic carbocycles. The minimum Gasteiger partial charge on any atom is -0.228 e. The largest absolute Gasteiger partial charge is 0.238 e. The summed E-state index contributed by atoms with van der Waals surface area (Å²) in [6, 6.07) is 9.65. The predicted molar refractivity (Wildman–Crippen MR) is 87.2 cm³/mol. The van der Waals surface area contributed by atoms with Gasteiger partial charge in [0.05, 0.1) is 4.90 Å². The van der Waals surface area contributed by atoms with Crippen LogP contribution in [0.25, 0.3) is 11.1 Å². The molecule has 0 radical (unpaired) electrons. The zero-order valence-corrected chi connectivity index (χ0v) is 13.5. The second kappa shape index (κ2) is 5.86. The van der Waals surface area contributed by atoms with Crippen LogP contribution in [0.4, 0.5) is 4.39 Å². The number of hydrogen-bond acceptors (Lipinski definition) is 3. The molecule has 2 N–H and O–H groups in total. The van der Waals surface area contributed by atoms with E-state index < -0.39 is 16.0 Å². The molecular weight excluding hydrogens is 315 g/mol. The van der Waals surface area contributed by atoms with Crippen molar-refractivity contribution in [1.82, 2.24) is 4.98 Å². The first-order chi connectivity index (χ1) is 10.8. The van der Waals surface area contributed by atoms with Crippen molar-refractivity contribution in [2.24, 2.45) is 11.1 Å². The van der Waals surface area contributed by atoms with Crippen LogP contribution in [0.3, 0.4) is 0 Å².